The molecule has 0 bridgehead atoms. The number of carbonyl (C=O) groups excluding carboxylic acids is 1. The first-order valence-corrected chi connectivity index (χ1v) is 12.8. The van der Waals surface area contributed by atoms with E-state index in [4.69, 9.17) is 4.74 Å². The van der Waals surface area contributed by atoms with Crippen LogP contribution in [0.2, 0.25) is 0 Å². The highest BCUT2D eigenvalue weighted by Gasteiger charge is 2.38. The number of nitrogens with zero attached hydrogens (tertiary/aromatic N) is 3. The van der Waals surface area contributed by atoms with E-state index >= 15 is 0 Å². The largest absolute Gasteiger partial charge is 0.487 e. The molecule has 0 spiro atoms. The van der Waals surface area contributed by atoms with Crippen LogP contribution in [0.5, 0.6) is 5.75 Å². The summed E-state index contributed by atoms with van der Waals surface area (Å²) in [6.45, 7) is 6.07. The molecule has 0 aliphatic carbocycles. The van der Waals surface area contributed by atoms with Crippen molar-refractivity contribution in [2.24, 2.45) is 5.92 Å². The van der Waals surface area contributed by atoms with Gasteiger partial charge in [-0.15, -0.1) is 0 Å². The molecule has 3 atom stereocenters. The number of aliphatic hydroxyl groups excluding tert-OH is 1. The van der Waals surface area contributed by atoms with Crippen LogP contribution in [0.4, 0.5) is 0 Å². The van der Waals surface area contributed by atoms with Gasteiger partial charge in [0.15, 0.2) is 0 Å². The number of likely N-dealkylation sites (N-methyl/N-ethyl adjacent to an activating group) is 2. The molecule has 0 fully saturated rings. The summed E-state index contributed by atoms with van der Waals surface area (Å²) in [5.41, 5.74) is 0.670. The number of amides is 1. The van der Waals surface area contributed by atoms with Gasteiger partial charge in [-0.3, -0.25) is 4.79 Å². The van der Waals surface area contributed by atoms with Crippen molar-refractivity contribution in [2.75, 3.05) is 47.4 Å². The third kappa shape index (κ3) is 6.93. The van der Waals surface area contributed by atoms with Crippen molar-refractivity contribution in [3.63, 3.8) is 0 Å². The summed E-state index contributed by atoms with van der Waals surface area (Å²) in [7, 11) is 1.48. The molecule has 1 aromatic carbocycles. The quantitative estimate of drug-likeness (QED) is 0.598. The topological polar surface area (TPSA) is 90.4 Å². The first-order valence-electron chi connectivity index (χ1n) is 11.3. The van der Waals surface area contributed by atoms with Crippen molar-refractivity contribution in [1.82, 2.24) is 14.1 Å². The van der Waals surface area contributed by atoms with Gasteiger partial charge in [0, 0.05) is 37.5 Å². The number of aliphatic hydroxyl groups is 1. The fourth-order valence-electron chi connectivity index (χ4n) is 3.57. The van der Waals surface area contributed by atoms with Gasteiger partial charge in [0.2, 0.25) is 15.9 Å². The van der Waals surface area contributed by atoms with Crippen LogP contribution in [-0.2, 0) is 14.8 Å². The number of ether oxygens (including phenoxy) is 1. The van der Waals surface area contributed by atoms with Crippen molar-refractivity contribution in [3.8, 4) is 17.6 Å². The summed E-state index contributed by atoms with van der Waals surface area (Å²) in [5, 5.41) is 9.74. The zero-order valence-electron chi connectivity index (χ0n) is 20.5. The third-order valence-corrected chi connectivity index (χ3v) is 7.63. The molecule has 1 N–H and O–H groups in total. The molecule has 184 valence electrons. The molecule has 8 nitrogen and oxygen atoms in total. The fourth-order valence-corrected chi connectivity index (χ4v) is 5.40. The highest BCUT2D eigenvalue weighted by atomic mass is 32.2. The molecule has 0 saturated carbocycles. The molecule has 1 aliphatic heterocycles. The van der Waals surface area contributed by atoms with Crippen LogP contribution < -0.4 is 4.74 Å². The van der Waals surface area contributed by atoms with Crippen LogP contribution in [0.25, 0.3) is 0 Å². The molecule has 2 rings (SSSR count). The highest BCUT2D eigenvalue weighted by Crippen LogP contribution is 2.34. The van der Waals surface area contributed by atoms with E-state index in [9.17, 15) is 18.3 Å². The first-order chi connectivity index (χ1) is 15.5. The van der Waals surface area contributed by atoms with Crippen molar-refractivity contribution < 1.29 is 23.1 Å². The molecule has 9 heteroatoms. The van der Waals surface area contributed by atoms with Crippen LogP contribution in [0.1, 0.15) is 39.2 Å². The predicted molar refractivity (Wildman–Crippen MR) is 128 cm³/mol. The first kappa shape index (κ1) is 27.1. The van der Waals surface area contributed by atoms with E-state index in [1.165, 1.54) is 10.4 Å². The summed E-state index contributed by atoms with van der Waals surface area (Å²) in [5.74, 6) is 6.07. The van der Waals surface area contributed by atoms with Crippen molar-refractivity contribution in [2.45, 2.75) is 50.7 Å². The smallest absolute Gasteiger partial charge is 0.247 e. The minimum absolute atomic E-state index is 0.0445. The summed E-state index contributed by atoms with van der Waals surface area (Å²) >= 11 is 0. The van der Waals surface area contributed by atoms with Gasteiger partial charge in [0.05, 0.1) is 19.7 Å². The number of hydrogen-bond acceptors (Lipinski definition) is 6. The normalized spacial score (nSPS) is 21.1. The van der Waals surface area contributed by atoms with Crippen molar-refractivity contribution >= 4 is 15.9 Å². The fraction of sp³-hybridized carbons (Fsp3) is 0.625. The number of unbranched alkanes of at least 4 members (excludes halogenated alkanes) is 1. The average Bonchev–Trinajstić information content (AvgIpc) is 2.75. The number of carbonyl (C=O) groups is 1. The van der Waals surface area contributed by atoms with Gasteiger partial charge in [0.25, 0.3) is 0 Å². The molecule has 33 heavy (non-hydrogen) atoms. The second kappa shape index (κ2) is 11.8. The predicted octanol–water partition coefficient (Wildman–Crippen LogP) is 1.63. The van der Waals surface area contributed by atoms with E-state index in [1.807, 2.05) is 27.9 Å². The molecule has 0 unspecified atom stereocenters. The number of rotatable bonds is 7. The van der Waals surface area contributed by atoms with Crippen LogP contribution in [0.15, 0.2) is 23.1 Å². The van der Waals surface area contributed by atoms with Gasteiger partial charge in [0.1, 0.15) is 16.7 Å². The van der Waals surface area contributed by atoms with E-state index in [1.54, 1.807) is 35.9 Å². The van der Waals surface area contributed by atoms with E-state index in [-0.39, 0.29) is 42.2 Å². The molecule has 0 radical (unpaired) electrons. The van der Waals surface area contributed by atoms with Gasteiger partial charge in [-0.25, -0.2) is 8.42 Å². The summed E-state index contributed by atoms with van der Waals surface area (Å²) in [6, 6.07) is 4.26. The Morgan fingerprint density at radius 1 is 1.33 bits per heavy atom. The second-order valence-electron chi connectivity index (χ2n) is 8.97. The van der Waals surface area contributed by atoms with Gasteiger partial charge < -0.3 is 19.6 Å². The zero-order valence-corrected chi connectivity index (χ0v) is 21.4. The van der Waals surface area contributed by atoms with Gasteiger partial charge in [-0.2, -0.15) is 4.31 Å². The van der Waals surface area contributed by atoms with Crippen molar-refractivity contribution in [1.29, 1.82) is 0 Å². The third-order valence-electron chi connectivity index (χ3n) is 5.61. The molecule has 1 heterocycles. The average molecular weight is 480 g/mol. The number of benzene rings is 1. The maximum absolute atomic E-state index is 13.5. The lowest BCUT2D eigenvalue weighted by atomic mass is 10.0. The lowest BCUT2D eigenvalue weighted by Gasteiger charge is -2.37. The van der Waals surface area contributed by atoms with Gasteiger partial charge in [-0.05, 0) is 45.6 Å². The minimum atomic E-state index is -3.90. The lowest BCUT2D eigenvalue weighted by molar-refractivity contribution is -0.132. The molecule has 1 aliphatic rings. The maximum Gasteiger partial charge on any atom is 0.247 e. The van der Waals surface area contributed by atoms with Crippen molar-refractivity contribution in [3.05, 3.63) is 23.8 Å². The molecule has 1 aromatic rings. The van der Waals surface area contributed by atoms with E-state index in [2.05, 4.69) is 11.8 Å². The highest BCUT2D eigenvalue weighted by molar-refractivity contribution is 7.89. The summed E-state index contributed by atoms with van der Waals surface area (Å²) < 4.78 is 34.6. The Kier molecular flexibility index (Phi) is 9.73. The minimum Gasteiger partial charge on any atom is -0.487 e. The van der Waals surface area contributed by atoms with Crippen LogP contribution in [0.3, 0.4) is 0 Å². The zero-order chi connectivity index (χ0) is 24.8. The van der Waals surface area contributed by atoms with Crippen LogP contribution >= 0.6 is 0 Å². The monoisotopic (exact) mass is 479 g/mol. The van der Waals surface area contributed by atoms with Crippen LogP contribution in [0, 0.1) is 17.8 Å². The second-order valence-corrected chi connectivity index (χ2v) is 10.8. The Morgan fingerprint density at radius 3 is 2.64 bits per heavy atom. The molecular formula is C24H37N3O5S. The number of fused-ring (bicyclic) bond motifs is 1. The lowest BCUT2D eigenvalue weighted by Crippen LogP contribution is -2.50. The Hall–Kier alpha value is -2.12. The van der Waals surface area contributed by atoms with Gasteiger partial charge >= 0.3 is 0 Å². The number of sulfonamides is 1. The SMILES string of the molecule is CCCC#Cc1ccc2c(c1)O[C@H](CN(C)C(=O)CN(C)C)[C@H](C)CN([C@@H](C)CO)S2(=O)=O. The Morgan fingerprint density at radius 2 is 2.03 bits per heavy atom. The summed E-state index contributed by atoms with van der Waals surface area (Å²) in [6.07, 6.45) is 1.24. The Labute approximate surface area is 198 Å². The van der Waals surface area contributed by atoms with E-state index < -0.39 is 22.2 Å². The number of hydrogen-bond donors (Lipinski definition) is 1. The molecule has 1 amide bonds. The van der Waals surface area contributed by atoms with E-state index in [0.717, 1.165) is 12.8 Å². The molecular weight excluding hydrogens is 442 g/mol. The summed E-state index contributed by atoms with van der Waals surface area (Å²) in [4.78, 5) is 16.0. The molecule has 0 aromatic heterocycles. The van der Waals surface area contributed by atoms with E-state index in [0.29, 0.717) is 12.1 Å². The Bertz CT molecular complexity index is 984. The van der Waals surface area contributed by atoms with Gasteiger partial charge in [-0.1, -0.05) is 25.7 Å². The standard InChI is InChI=1S/C24H37N3O5S/c1-7-8-9-10-20-11-12-23-21(13-20)32-22(15-26(6)24(29)16-25(4)5)18(2)14-27(19(3)17-28)33(23,30)31/h11-13,18-19,22,28H,7-8,14-17H2,1-6H3/t18-,19+,22-/m1/s1. The Balaban J connectivity index is 2.50. The molecule has 0 saturated heterocycles. The maximum atomic E-state index is 13.5. The van der Waals surface area contributed by atoms with Crippen LogP contribution in [-0.4, -0.2) is 93.1 Å².